The smallest absolute Gasteiger partial charge is 0.326 e. The molecule has 0 aliphatic rings. The van der Waals surface area contributed by atoms with Gasteiger partial charge in [-0.1, -0.05) is 26.0 Å². The molecule has 1 N–H and O–H groups in total. The molecule has 0 aliphatic heterocycles. The van der Waals surface area contributed by atoms with Crippen molar-refractivity contribution in [2.45, 2.75) is 46.1 Å². The fraction of sp³-hybridized carbons (Fsp3) is 0.556. The van der Waals surface area contributed by atoms with Crippen molar-refractivity contribution >= 4 is 11.9 Å². The molecule has 1 atom stereocenters. The highest BCUT2D eigenvalue weighted by atomic mass is 16.5. The predicted molar refractivity (Wildman–Crippen MR) is 89.7 cm³/mol. The van der Waals surface area contributed by atoms with Crippen molar-refractivity contribution in [3.05, 3.63) is 29.8 Å². The number of rotatable bonds is 7. The van der Waals surface area contributed by atoms with Crippen LogP contribution in [0.2, 0.25) is 0 Å². The number of hydrogen-bond acceptors (Lipinski definition) is 3. The number of carbonyl (C=O) groups is 2. The maximum atomic E-state index is 12.6. The molecule has 0 bridgehead atoms. The van der Waals surface area contributed by atoms with Crippen molar-refractivity contribution in [2.75, 3.05) is 13.7 Å². The van der Waals surface area contributed by atoms with Crippen molar-refractivity contribution in [3.63, 3.8) is 0 Å². The lowest BCUT2D eigenvalue weighted by Gasteiger charge is -2.32. The first-order chi connectivity index (χ1) is 10.6. The van der Waals surface area contributed by atoms with Crippen molar-refractivity contribution in [3.8, 4) is 5.75 Å². The molecule has 0 saturated heterocycles. The molecule has 0 fully saturated rings. The molecule has 5 heteroatoms. The Morgan fingerprint density at radius 1 is 1.17 bits per heavy atom. The van der Waals surface area contributed by atoms with E-state index in [9.17, 15) is 9.59 Å². The van der Waals surface area contributed by atoms with Gasteiger partial charge in [0.05, 0.1) is 12.0 Å². The highest BCUT2D eigenvalue weighted by Gasteiger charge is 2.35. The van der Waals surface area contributed by atoms with Gasteiger partial charge >= 0.3 is 5.97 Å². The van der Waals surface area contributed by atoms with E-state index in [-0.39, 0.29) is 5.91 Å². The zero-order valence-corrected chi connectivity index (χ0v) is 14.8. The minimum Gasteiger partial charge on any atom is -0.493 e. The van der Waals surface area contributed by atoms with E-state index in [0.29, 0.717) is 12.5 Å². The Morgan fingerprint density at radius 3 is 2.13 bits per heavy atom. The number of ether oxygens (including phenoxy) is 1. The number of hydrogen-bond donors (Lipinski definition) is 1. The summed E-state index contributed by atoms with van der Waals surface area (Å²) < 4.78 is 5.64. The number of benzene rings is 1. The van der Waals surface area contributed by atoms with Crippen LogP contribution in [0.5, 0.6) is 5.75 Å². The summed E-state index contributed by atoms with van der Waals surface area (Å²) >= 11 is 0. The average Bonchev–Trinajstić information content (AvgIpc) is 2.50. The van der Waals surface area contributed by atoms with Gasteiger partial charge in [-0.25, -0.2) is 4.79 Å². The summed E-state index contributed by atoms with van der Waals surface area (Å²) in [6.45, 7) is 9.89. The first kappa shape index (κ1) is 19.0. The third-order valence-corrected chi connectivity index (χ3v) is 3.95. The Labute approximate surface area is 138 Å². The number of carboxylic acids is 1. The molecule has 1 amide bonds. The van der Waals surface area contributed by atoms with Gasteiger partial charge in [-0.2, -0.15) is 0 Å². The number of carboxylic acid groups (broad SMARTS) is 1. The largest absolute Gasteiger partial charge is 0.493 e. The lowest BCUT2D eigenvalue weighted by molar-refractivity contribution is -0.150. The van der Waals surface area contributed by atoms with Crippen LogP contribution in [0, 0.1) is 5.92 Å². The highest BCUT2D eigenvalue weighted by molar-refractivity contribution is 5.90. The Bertz CT molecular complexity index is 549. The Balaban J connectivity index is 2.90. The molecule has 1 rings (SSSR count). The first-order valence-corrected chi connectivity index (χ1v) is 7.80. The topological polar surface area (TPSA) is 66.8 Å². The van der Waals surface area contributed by atoms with Crippen LogP contribution < -0.4 is 4.74 Å². The number of aliphatic carboxylic acids is 1. The van der Waals surface area contributed by atoms with E-state index in [2.05, 4.69) is 13.8 Å². The lowest BCUT2D eigenvalue weighted by atomic mass is 9.83. The molecule has 0 heterocycles. The molecule has 1 aromatic carbocycles. The van der Waals surface area contributed by atoms with E-state index in [4.69, 9.17) is 9.84 Å². The standard InChI is InChI=1S/C18H27NO4/c1-12(2)11-23-15-9-7-14(8-10-15)18(4,5)17(22)19(6)13(3)16(20)21/h7-10,12-13H,11H2,1-6H3,(H,20,21). The van der Waals surface area contributed by atoms with E-state index >= 15 is 0 Å². The van der Waals surface area contributed by atoms with Crippen molar-refractivity contribution in [1.29, 1.82) is 0 Å². The summed E-state index contributed by atoms with van der Waals surface area (Å²) in [6.07, 6.45) is 0. The van der Waals surface area contributed by atoms with E-state index in [1.807, 2.05) is 24.3 Å². The zero-order valence-electron chi connectivity index (χ0n) is 14.8. The summed E-state index contributed by atoms with van der Waals surface area (Å²) in [6, 6.07) is 6.52. The molecule has 0 radical (unpaired) electrons. The predicted octanol–water partition coefficient (Wildman–Crippen LogP) is 2.93. The first-order valence-electron chi connectivity index (χ1n) is 7.80. The molecule has 128 valence electrons. The van der Waals surface area contributed by atoms with Gasteiger partial charge < -0.3 is 14.7 Å². The van der Waals surface area contributed by atoms with Crippen LogP contribution in [0.15, 0.2) is 24.3 Å². The third kappa shape index (κ3) is 4.71. The third-order valence-electron chi connectivity index (χ3n) is 3.95. The number of nitrogens with zero attached hydrogens (tertiary/aromatic N) is 1. The van der Waals surface area contributed by atoms with Crippen molar-refractivity contribution < 1.29 is 19.4 Å². The zero-order chi connectivity index (χ0) is 17.8. The van der Waals surface area contributed by atoms with Crippen LogP contribution in [0.1, 0.15) is 40.2 Å². The van der Waals surface area contributed by atoms with Crippen LogP contribution >= 0.6 is 0 Å². The van der Waals surface area contributed by atoms with E-state index in [0.717, 1.165) is 11.3 Å². The second kappa shape index (κ2) is 7.49. The molecular formula is C18H27NO4. The molecule has 5 nitrogen and oxygen atoms in total. The maximum Gasteiger partial charge on any atom is 0.326 e. The minimum absolute atomic E-state index is 0.233. The molecule has 0 aliphatic carbocycles. The van der Waals surface area contributed by atoms with Crippen molar-refractivity contribution in [2.24, 2.45) is 5.92 Å². The van der Waals surface area contributed by atoms with E-state index in [1.165, 1.54) is 18.9 Å². The fourth-order valence-electron chi connectivity index (χ4n) is 2.14. The number of amides is 1. The molecule has 1 aromatic rings. The average molecular weight is 321 g/mol. The van der Waals surface area contributed by atoms with Crippen LogP contribution in [0.3, 0.4) is 0 Å². The number of likely N-dealkylation sites (N-methyl/N-ethyl adjacent to an activating group) is 1. The van der Waals surface area contributed by atoms with Gasteiger partial charge in [0, 0.05) is 7.05 Å². The summed E-state index contributed by atoms with van der Waals surface area (Å²) in [4.78, 5) is 25.0. The summed E-state index contributed by atoms with van der Waals surface area (Å²) in [5, 5.41) is 9.07. The Morgan fingerprint density at radius 2 is 1.70 bits per heavy atom. The molecular weight excluding hydrogens is 294 g/mol. The molecule has 0 aromatic heterocycles. The summed E-state index contributed by atoms with van der Waals surface area (Å²) in [5.74, 6) is -0.0471. The van der Waals surface area contributed by atoms with Crippen molar-refractivity contribution in [1.82, 2.24) is 4.90 Å². The van der Waals surface area contributed by atoms with Crippen LogP contribution in [-0.2, 0) is 15.0 Å². The van der Waals surface area contributed by atoms with Gasteiger partial charge in [-0.05, 0) is 44.4 Å². The van der Waals surface area contributed by atoms with Gasteiger partial charge in [-0.3, -0.25) is 4.79 Å². The molecule has 1 unspecified atom stereocenters. The van der Waals surface area contributed by atoms with E-state index in [1.54, 1.807) is 13.8 Å². The number of carbonyl (C=O) groups excluding carboxylic acids is 1. The van der Waals surface area contributed by atoms with E-state index < -0.39 is 17.4 Å². The summed E-state index contributed by atoms with van der Waals surface area (Å²) in [5.41, 5.74) is 0.0125. The highest BCUT2D eigenvalue weighted by Crippen LogP contribution is 2.28. The van der Waals surface area contributed by atoms with Crippen LogP contribution in [0.4, 0.5) is 0 Å². The van der Waals surface area contributed by atoms with Gasteiger partial charge in [0.25, 0.3) is 0 Å². The Kier molecular flexibility index (Phi) is 6.19. The van der Waals surface area contributed by atoms with Crippen LogP contribution in [0.25, 0.3) is 0 Å². The maximum absolute atomic E-state index is 12.6. The second-order valence-electron chi connectivity index (χ2n) is 6.78. The molecule has 23 heavy (non-hydrogen) atoms. The van der Waals surface area contributed by atoms with Gasteiger partial charge in [0.15, 0.2) is 0 Å². The second-order valence-corrected chi connectivity index (χ2v) is 6.78. The SMILES string of the molecule is CC(C)COc1ccc(C(C)(C)C(=O)N(C)C(C)C(=O)O)cc1. The van der Waals surface area contributed by atoms with Gasteiger partial charge in [0.1, 0.15) is 11.8 Å². The minimum atomic E-state index is -1.02. The van der Waals surface area contributed by atoms with Gasteiger partial charge in [-0.15, -0.1) is 0 Å². The quantitative estimate of drug-likeness (QED) is 0.838. The molecule has 0 spiro atoms. The Hall–Kier alpha value is -2.04. The monoisotopic (exact) mass is 321 g/mol. The van der Waals surface area contributed by atoms with Crippen LogP contribution in [-0.4, -0.2) is 41.6 Å². The normalized spacial score (nSPS) is 12.8. The van der Waals surface area contributed by atoms with Gasteiger partial charge in [0.2, 0.25) is 5.91 Å². The summed E-state index contributed by atoms with van der Waals surface area (Å²) in [7, 11) is 1.52. The fourth-order valence-corrected chi connectivity index (χ4v) is 2.14. The lowest BCUT2D eigenvalue weighted by Crippen LogP contribution is -2.48. The molecule has 0 saturated carbocycles.